The van der Waals surface area contributed by atoms with E-state index in [4.69, 9.17) is 0 Å². The molecule has 0 aliphatic heterocycles. The zero-order valence-corrected chi connectivity index (χ0v) is 35.6. The molecule has 0 saturated heterocycles. The summed E-state index contributed by atoms with van der Waals surface area (Å²) in [6.45, 7) is 4.09. The van der Waals surface area contributed by atoms with Crippen LogP contribution in [0.5, 0.6) is 0 Å². The van der Waals surface area contributed by atoms with Gasteiger partial charge in [-0.25, -0.2) is 0 Å². The minimum Gasteiger partial charge on any atom is -0.394 e. The van der Waals surface area contributed by atoms with Gasteiger partial charge in [0.2, 0.25) is 5.91 Å². The van der Waals surface area contributed by atoms with E-state index in [0.717, 1.165) is 116 Å². The highest BCUT2D eigenvalue weighted by molar-refractivity contribution is 5.76. The van der Waals surface area contributed by atoms with Crippen molar-refractivity contribution in [1.29, 1.82) is 0 Å². The molecule has 312 valence electrons. The lowest BCUT2D eigenvalue weighted by molar-refractivity contribution is -0.123. The maximum absolute atomic E-state index is 12.3. The van der Waals surface area contributed by atoms with Gasteiger partial charge in [0.15, 0.2) is 0 Å². The Balaban J connectivity index is 3.75. The summed E-state index contributed by atoms with van der Waals surface area (Å²) < 4.78 is 0. The minimum absolute atomic E-state index is 0.110. The standard InChI is InChI=1S/C52H81NO3/c1-3-5-7-9-11-13-14-15-16-17-18-19-20-21-22-23-24-25-26-27-28-29-30-31-32-33-34-35-36-37-38-40-42-44-46-48-52(56)53-50(49-54)51(55)47-45-43-41-39-12-10-8-6-4-2/h5,7,11-13,15-16,18-19,21-22,24-25,27-28,30-31,33-34,36-37,39,45,47,50-51,54-55H,3-4,6,8-10,14,17,20,23,26,29,32,35,38,40-44,46,48-49H2,1-2H3,(H,53,56)/b7-5-,13-11-,16-15-,19-18-,22-21-,25-24-,28-27-,31-30-,34-33-,37-36-,39-12+,47-45+. The molecule has 0 aliphatic carbocycles. The first-order valence-corrected chi connectivity index (χ1v) is 22.0. The molecule has 0 aliphatic rings. The van der Waals surface area contributed by atoms with Gasteiger partial charge < -0.3 is 15.5 Å². The SMILES string of the molecule is CC/C=C\C/C=C\C/C=C\C/C=C\C/C=C\C/C=C\C/C=C\C/C=C\C/C=C\C/C=C\CCCCCCC(=O)NC(CO)C(O)/C=C/CC/C=C/CCCCC. The van der Waals surface area contributed by atoms with Gasteiger partial charge in [0.05, 0.1) is 18.8 Å². The van der Waals surface area contributed by atoms with Crippen LogP contribution >= 0.6 is 0 Å². The molecular formula is C52H81NO3. The van der Waals surface area contributed by atoms with Crippen molar-refractivity contribution in [2.75, 3.05) is 6.61 Å². The lowest BCUT2D eigenvalue weighted by Gasteiger charge is -2.19. The first-order chi connectivity index (χ1) is 27.7. The Bertz CT molecular complexity index is 1240. The number of amides is 1. The maximum Gasteiger partial charge on any atom is 0.220 e. The fourth-order valence-electron chi connectivity index (χ4n) is 5.45. The number of hydrogen-bond acceptors (Lipinski definition) is 3. The van der Waals surface area contributed by atoms with E-state index in [2.05, 4.69) is 153 Å². The van der Waals surface area contributed by atoms with E-state index >= 15 is 0 Å². The summed E-state index contributed by atoms with van der Waals surface area (Å²) in [5.74, 6) is -0.110. The number of unbranched alkanes of at least 4 members (excludes halogenated alkanes) is 8. The van der Waals surface area contributed by atoms with Crippen molar-refractivity contribution >= 4 is 5.91 Å². The molecule has 0 rings (SSSR count). The van der Waals surface area contributed by atoms with E-state index in [9.17, 15) is 15.0 Å². The van der Waals surface area contributed by atoms with Gasteiger partial charge >= 0.3 is 0 Å². The highest BCUT2D eigenvalue weighted by Gasteiger charge is 2.17. The van der Waals surface area contributed by atoms with Gasteiger partial charge in [0.1, 0.15) is 0 Å². The summed E-state index contributed by atoms with van der Waals surface area (Å²) in [6, 6.07) is -0.661. The highest BCUT2D eigenvalue weighted by atomic mass is 16.3. The van der Waals surface area contributed by atoms with Crippen LogP contribution in [0.3, 0.4) is 0 Å². The van der Waals surface area contributed by atoms with Crippen LogP contribution in [0.2, 0.25) is 0 Å². The number of aliphatic hydroxyl groups excluding tert-OH is 2. The Kier molecular flexibility index (Phi) is 42.6. The minimum atomic E-state index is -0.881. The van der Waals surface area contributed by atoms with Crippen LogP contribution in [0.1, 0.15) is 155 Å². The molecule has 0 aromatic carbocycles. The summed E-state index contributed by atoms with van der Waals surface area (Å²) in [6.07, 6.45) is 73.9. The number of allylic oxidation sites excluding steroid dienone is 23. The van der Waals surface area contributed by atoms with Crippen LogP contribution in [-0.2, 0) is 4.79 Å². The molecule has 0 aromatic heterocycles. The van der Waals surface area contributed by atoms with Crippen molar-refractivity contribution in [1.82, 2.24) is 5.32 Å². The largest absolute Gasteiger partial charge is 0.394 e. The van der Waals surface area contributed by atoms with Gasteiger partial charge in [-0.2, -0.15) is 0 Å². The lowest BCUT2D eigenvalue weighted by atomic mass is 10.1. The lowest BCUT2D eigenvalue weighted by Crippen LogP contribution is -2.45. The van der Waals surface area contributed by atoms with Gasteiger partial charge in [-0.05, 0) is 109 Å². The molecule has 3 N–H and O–H groups in total. The topological polar surface area (TPSA) is 69.6 Å². The Morgan fingerprint density at radius 1 is 0.446 bits per heavy atom. The molecule has 0 spiro atoms. The van der Waals surface area contributed by atoms with Crippen LogP contribution in [0.4, 0.5) is 0 Å². The van der Waals surface area contributed by atoms with E-state index in [1.54, 1.807) is 6.08 Å². The molecule has 0 fully saturated rings. The molecule has 2 atom stereocenters. The predicted octanol–water partition coefficient (Wildman–Crippen LogP) is 14.1. The second kappa shape index (κ2) is 45.7. The molecule has 0 saturated carbocycles. The smallest absolute Gasteiger partial charge is 0.220 e. The highest BCUT2D eigenvalue weighted by Crippen LogP contribution is 2.08. The van der Waals surface area contributed by atoms with Gasteiger partial charge in [0.25, 0.3) is 0 Å². The normalized spacial score (nSPS) is 14.4. The van der Waals surface area contributed by atoms with Crippen molar-refractivity contribution in [3.05, 3.63) is 146 Å². The fraction of sp³-hybridized carbons (Fsp3) is 0.519. The Morgan fingerprint density at radius 2 is 0.804 bits per heavy atom. The van der Waals surface area contributed by atoms with E-state index < -0.39 is 12.1 Å². The molecule has 0 heterocycles. The summed E-state index contributed by atoms with van der Waals surface area (Å²) in [4.78, 5) is 12.3. The van der Waals surface area contributed by atoms with Crippen molar-refractivity contribution in [3.8, 4) is 0 Å². The third kappa shape index (κ3) is 41.4. The third-order valence-corrected chi connectivity index (χ3v) is 8.81. The average Bonchev–Trinajstić information content (AvgIpc) is 3.20. The van der Waals surface area contributed by atoms with Crippen LogP contribution < -0.4 is 5.32 Å². The first kappa shape index (κ1) is 52.3. The molecule has 56 heavy (non-hydrogen) atoms. The summed E-state index contributed by atoms with van der Waals surface area (Å²) in [5.41, 5.74) is 0. The first-order valence-electron chi connectivity index (χ1n) is 22.0. The predicted molar refractivity (Wildman–Crippen MR) is 248 cm³/mol. The number of rotatable bonds is 37. The molecule has 4 heteroatoms. The van der Waals surface area contributed by atoms with Gasteiger partial charge in [-0.1, -0.05) is 185 Å². The third-order valence-electron chi connectivity index (χ3n) is 8.81. The molecule has 1 amide bonds. The summed E-state index contributed by atoms with van der Waals surface area (Å²) in [7, 11) is 0. The molecule has 2 unspecified atom stereocenters. The zero-order chi connectivity index (χ0) is 40.7. The molecule has 4 nitrogen and oxygen atoms in total. The number of nitrogens with one attached hydrogen (secondary N) is 1. The van der Waals surface area contributed by atoms with Crippen LogP contribution in [0.15, 0.2) is 146 Å². The van der Waals surface area contributed by atoms with E-state index in [-0.39, 0.29) is 12.5 Å². The number of carbonyl (C=O) groups excluding carboxylic acids is 1. The molecule has 0 radical (unpaired) electrons. The number of aliphatic hydroxyl groups is 2. The Morgan fingerprint density at radius 3 is 1.23 bits per heavy atom. The molecular weight excluding hydrogens is 687 g/mol. The second-order valence-corrected chi connectivity index (χ2v) is 14.0. The summed E-state index contributed by atoms with van der Waals surface area (Å²) in [5, 5.41) is 22.8. The molecule has 0 aromatic rings. The molecule has 0 bridgehead atoms. The zero-order valence-electron chi connectivity index (χ0n) is 35.6. The van der Waals surface area contributed by atoms with Gasteiger partial charge in [-0.3, -0.25) is 4.79 Å². The van der Waals surface area contributed by atoms with Crippen molar-refractivity contribution in [3.63, 3.8) is 0 Å². The van der Waals surface area contributed by atoms with E-state index in [1.165, 1.54) is 19.3 Å². The van der Waals surface area contributed by atoms with Crippen LogP contribution in [-0.4, -0.2) is 34.9 Å². The second-order valence-electron chi connectivity index (χ2n) is 14.0. The number of carbonyl (C=O) groups is 1. The van der Waals surface area contributed by atoms with E-state index in [0.29, 0.717) is 6.42 Å². The van der Waals surface area contributed by atoms with Gasteiger partial charge in [0, 0.05) is 6.42 Å². The van der Waals surface area contributed by atoms with E-state index in [1.807, 2.05) is 6.08 Å². The maximum atomic E-state index is 12.3. The monoisotopic (exact) mass is 768 g/mol. The Hall–Kier alpha value is -3.73. The van der Waals surface area contributed by atoms with Crippen molar-refractivity contribution in [2.45, 2.75) is 167 Å². The van der Waals surface area contributed by atoms with Crippen LogP contribution in [0, 0.1) is 0 Å². The summed E-state index contributed by atoms with van der Waals surface area (Å²) >= 11 is 0. The Labute approximate surface area is 344 Å². The number of hydrogen-bond donors (Lipinski definition) is 3. The quantitative estimate of drug-likeness (QED) is 0.0435. The average molecular weight is 768 g/mol. The van der Waals surface area contributed by atoms with Gasteiger partial charge in [-0.15, -0.1) is 0 Å². The fourth-order valence-corrected chi connectivity index (χ4v) is 5.45. The van der Waals surface area contributed by atoms with Crippen molar-refractivity contribution < 1.29 is 15.0 Å². The van der Waals surface area contributed by atoms with Crippen molar-refractivity contribution in [2.24, 2.45) is 0 Å². The van der Waals surface area contributed by atoms with Crippen LogP contribution in [0.25, 0.3) is 0 Å².